The summed E-state index contributed by atoms with van der Waals surface area (Å²) in [5.41, 5.74) is 5.98. The van der Waals surface area contributed by atoms with Crippen molar-refractivity contribution in [3.05, 3.63) is 28.2 Å². The van der Waals surface area contributed by atoms with Crippen molar-refractivity contribution in [1.82, 2.24) is 0 Å². The van der Waals surface area contributed by atoms with Crippen LogP contribution >= 0.6 is 15.9 Å². The third-order valence-electron chi connectivity index (χ3n) is 2.00. The summed E-state index contributed by atoms with van der Waals surface area (Å²) in [6.07, 6.45) is 1.18. The van der Waals surface area contributed by atoms with Crippen LogP contribution in [0.4, 0.5) is 5.69 Å². The van der Waals surface area contributed by atoms with Gasteiger partial charge in [-0.25, -0.2) is 0 Å². The van der Waals surface area contributed by atoms with Gasteiger partial charge in [-0.05, 0) is 24.6 Å². The Balaban J connectivity index is 2.95. The number of rotatable bonds is 4. The number of anilines is 1. The van der Waals surface area contributed by atoms with E-state index >= 15 is 0 Å². The van der Waals surface area contributed by atoms with Gasteiger partial charge in [-0.3, -0.25) is 9.59 Å². The van der Waals surface area contributed by atoms with Gasteiger partial charge in [0.2, 0.25) is 5.91 Å². The van der Waals surface area contributed by atoms with Crippen molar-refractivity contribution in [1.29, 1.82) is 0 Å². The number of carbonyl (C=O) groups excluding carboxylic acids is 2. The Morgan fingerprint density at radius 2 is 2.12 bits per heavy atom. The summed E-state index contributed by atoms with van der Waals surface area (Å²) in [4.78, 5) is 22.6. The maximum absolute atomic E-state index is 11.4. The normalized spacial score (nSPS) is 9.88. The number of hydrogen-bond acceptors (Lipinski definition) is 2. The molecule has 2 amide bonds. The maximum Gasteiger partial charge on any atom is 0.250 e. The van der Waals surface area contributed by atoms with E-state index in [1.807, 2.05) is 6.92 Å². The van der Waals surface area contributed by atoms with Gasteiger partial charge in [-0.2, -0.15) is 0 Å². The van der Waals surface area contributed by atoms with Gasteiger partial charge >= 0.3 is 0 Å². The topological polar surface area (TPSA) is 72.2 Å². The van der Waals surface area contributed by atoms with Gasteiger partial charge in [0.05, 0.1) is 11.3 Å². The first-order valence-electron chi connectivity index (χ1n) is 4.93. The van der Waals surface area contributed by atoms with Crippen molar-refractivity contribution in [2.75, 3.05) is 5.32 Å². The molecule has 86 valence electrons. The molecule has 5 heteroatoms. The van der Waals surface area contributed by atoms with Gasteiger partial charge in [-0.15, -0.1) is 0 Å². The van der Waals surface area contributed by atoms with Crippen LogP contribution in [0.3, 0.4) is 0 Å². The minimum absolute atomic E-state index is 0.118. The number of amides is 2. The van der Waals surface area contributed by atoms with Crippen molar-refractivity contribution in [3.63, 3.8) is 0 Å². The van der Waals surface area contributed by atoms with Gasteiger partial charge in [-0.1, -0.05) is 22.9 Å². The highest BCUT2D eigenvalue weighted by atomic mass is 79.9. The fourth-order valence-corrected chi connectivity index (χ4v) is 1.63. The summed E-state index contributed by atoms with van der Waals surface area (Å²) in [6.45, 7) is 1.91. The van der Waals surface area contributed by atoms with Crippen LogP contribution in [0.25, 0.3) is 0 Å². The van der Waals surface area contributed by atoms with Crippen molar-refractivity contribution in [2.24, 2.45) is 5.73 Å². The molecule has 0 aliphatic rings. The number of primary amides is 1. The molecule has 0 aliphatic carbocycles. The summed E-state index contributed by atoms with van der Waals surface area (Å²) in [6, 6.07) is 4.98. The van der Waals surface area contributed by atoms with Crippen LogP contribution in [0.2, 0.25) is 0 Å². The summed E-state index contributed by atoms with van der Waals surface area (Å²) >= 11 is 3.24. The van der Waals surface area contributed by atoms with Crippen LogP contribution in [-0.2, 0) is 4.79 Å². The Bertz CT molecular complexity index is 418. The molecule has 1 rings (SSSR count). The standard InChI is InChI=1S/C11H13BrN2O2/c1-2-3-10(15)14-9-5-4-7(12)6-8(9)11(13)16/h4-6H,2-3H2,1H3,(H2,13,16)(H,14,15). The first-order valence-corrected chi connectivity index (χ1v) is 5.73. The number of benzene rings is 1. The third kappa shape index (κ3) is 3.34. The van der Waals surface area contributed by atoms with E-state index in [2.05, 4.69) is 21.2 Å². The SMILES string of the molecule is CCCC(=O)Nc1ccc(Br)cc1C(N)=O. The predicted octanol–water partition coefficient (Wildman–Crippen LogP) is 2.29. The van der Waals surface area contributed by atoms with Crippen LogP contribution in [0.1, 0.15) is 30.1 Å². The largest absolute Gasteiger partial charge is 0.366 e. The highest BCUT2D eigenvalue weighted by Gasteiger charge is 2.10. The van der Waals surface area contributed by atoms with Crippen molar-refractivity contribution in [3.8, 4) is 0 Å². The Hall–Kier alpha value is -1.36. The minimum atomic E-state index is -0.562. The first-order chi connectivity index (χ1) is 7.54. The lowest BCUT2D eigenvalue weighted by atomic mass is 10.1. The summed E-state index contributed by atoms with van der Waals surface area (Å²) in [5, 5.41) is 2.66. The molecule has 1 aromatic rings. The Kier molecular flexibility index (Phi) is 4.49. The third-order valence-corrected chi connectivity index (χ3v) is 2.49. The fourth-order valence-electron chi connectivity index (χ4n) is 1.27. The molecule has 0 radical (unpaired) electrons. The van der Waals surface area contributed by atoms with Crippen LogP contribution in [0, 0.1) is 0 Å². The van der Waals surface area contributed by atoms with Gasteiger partial charge in [0, 0.05) is 10.9 Å². The molecule has 0 saturated heterocycles. The molecule has 0 heterocycles. The van der Waals surface area contributed by atoms with E-state index in [-0.39, 0.29) is 5.91 Å². The highest BCUT2D eigenvalue weighted by molar-refractivity contribution is 9.10. The smallest absolute Gasteiger partial charge is 0.250 e. The molecule has 16 heavy (non-hydrogen) atoms. The molecule has 0 fully saturated rings. The van der Waals surface area contributed by atoms with Crippen molar-refractivity contribution >= 4 is 33.4 Å². The Morgan fingerprint density at radius 1 is 1.44 bits per heavy atom. The second kappa shape index (κ2) is 5.65. The first kappa shape index (κ1) is 12.7. The van der Waals surface area contributed by atoms with Crippen LogP contribution in [0.15, 0.2) is 22.7 Å². The number of nitrogens with one attached hydrogen (secondary N) is 1. The van der Waals surface area contributed by atoms with E-state index in [0.29, 0.717) is 17.7 Å². The monoisotopic (exact) mass is 284 g/mol. The van der Waals surface area contributed by atoms with Crippen molar-refractivity contribution < 1.29 is 9.59 Å². The fraction of sp³-hybridized carbons (Fsp3) is 0.273. The van der Waals surface area contributed by atoms with Gasteiger partial charge in [0.1, 0.15) is 0 Å². The summed E-state index contributed by atoms with van der Waals surface area (Å²) < 4.78 is 0.745. The van der Waals surface area contributed by atoms with Gasteiger partial charge in [0.25, 0.3) is 5.91 Å². The molecule has 0 saturated carbocycles. The predicted molar refractivity (Wildman–Crippen MR) is 66.2 cm³/mol. The summed E-state index contributed by atoms with van der Waals surface area (Å²) in [5.74, 6) is -0.680. The van der Waals surface area contributed by atoms with Crippen molar-refractivity contribution in [2.45, 2.75) is 19.8 Å². The Morgan fingerprint density at radius 3 is 2.69 bits per heavy atom. The number of halogens is 1. The van der Waals surface area contributed by atoms with Crippen LogP contribution < -0.4 is 11.1 Å². The van der Waals surface area contributed by atoms with E-state index in [0.717, 1.165) is 10.9 Å². The van der Waals surface area contributed by atoms with E-state index < -0.39 is 5.91 Å². The number of carbonyl (C=O) groups is 2. The average Bonchev–Trinajstić information content (AvgIpc) is 2.20. The van der Waals surface area contributed by atoms with Gasteiger partial charge < -0.3 is 11.1 Å². The summed E-state index contributed by atoms with van der Waals surface area (Å²) in [7, 11) is 0. The average molecular weight is 285 g/mol. The molecule has 1 aromatic carbocycles. The van der Waals surface area contributed by atoms with Gasteiger partial charge in [0.15, 0.2) is 0 Å². The molecule has 4 nitrogen and oxygen atoms in total. The number of hydrogen-bond donors (Lipinski definition) is 2. The Labute approximate surface area is 102 Å². The lowest BCUT2D eigenvalue weighted by Crippen LogP contribution is -2.17. The maximum atomic E-state index is 11.4. The lowest BCUT2D eigenvalue weighted by molar-refractivity contribution is -0.116. The zero-order valence-electron chi connectivity index (χ0n) is 8.92. The molecule has 0 bridgehead atoms. The molecule has 3 N–H and O–H groups in total. The molecule has 0 aromatic heterocycles. The zero-order chi connectivity index (χ0) is 12.1. The van der Waals surface area contributed by atoms with E-state index in [9.17, 15) is 9.59 Å². The highest BCUT2D eigenvalue weighted by Crippen LogP contribution is 2.20. The molecular formula is C11H13BrN2O2. The van der Waals surface area contributed by atoms with Crippen LogP contribution in [-0.4, -0.2) is 11.8 Å². The van der Waals surface area contributed by atoms with E-state index in [1.54, 1.807) is 18.2 Å². The molecule has 0 aliphatic heterocycles. The quantitative estimate of drug-likeness (QED) is 0.890. The molecular weight excluding hydrogens is 272 g/mol. The second-order valence-corrected chi connectivity index (χ2v) is 4.27. The lowest BCUT2D eigenvalue weighted by Gasteiger charge is -2.08. The van der Waals surface area contributed by atoms with E-state index in [1.165, 1.54) is 0 Å². The molecule has 0 unspecified atom stereocenters. The van der Waals surface area contributed by atoms with E-state index in [4.69, 9.17) is 5.73 Å². The molecule has 0 spiro atoms. The second-order valence-electron chi connectivity index (χ2n) is 3.35. The van der Waals surface area contributed by atoms with Crippen LogP contribution in [0.5, 0.6) is 0 Å². The zero-order valence-corrected chi connectivity index (χ0v) is 10.5. The number of nitrogens with two attached hydrogens (primary N) is 1. The molecule has 0 atom stereocenters. The minimum Gasteiger partial charge on any atom is -0.366 e.